The first-order valence-electron chi connectivity index (χ1n) is 32.1. The first kappa shape index (κ1) is 76.8. The molecule has 14 rings (SSSR count). The Morgan fingerprint density at radius 2 is 0.873 bits per heavy atom. The van der Waals surface area contributed by atoms with E-state index in [2.05, 4.69) is 237 Å². The van der Waals surface area contributed by atoms with Crippen molar-refractivity contribution < 1.29 is 64.4 Å². The number of terminal acetylenes is 1. The third-order valence-corrected chi connectivity index (χ3v) is 21.5. The molecule has 0 aliphatic carbocycles. The molecule has 18 nitrogen and oxygen atoms in total. The van der Waals surface area contributed by atoms with Gasteiger partial charge in [-0.1, -0.05) is 228 Å². The van der Waals surface area contributed by atoms with Crippen molar-refractivity contribution in [1.82, 2.24) is 40.0 Å². The van der Waals surface area contributed by atoms with Crippen molar-refractivity contribution in [3.05, 3.63) is 274 Å². The number of likely N-dealkylation sites (N-methyl/N-ethyl adjacent to an activating group) is 2. The topological polar surface area (TPSA) is 228 Å². The molecule has 10 aromatic rings. The number of carbonyl (C=O) groups excluding carboxylic acids is 6. The van der Waals surface area contributed by atoms with Crippen molar-refractivity contribution in [1.29, 1.82) is 0 Å². The summed E-state index contributed by atoms with van der Waals surface area (Å²) < 4.78 is 13.8. The Bertz CT molecular complexity index is 4360. The first-order valence-corrected chi connectivity index (χ1v) is 39.6. The number of benzene rings is 8. The van der Waals surface area contributed by atoms with Crippen molar-refractivity contribution >= 4 is 118 Å². The number of nitrogens with zero attached hydrogens (tertiary/aromatic N) is 6. The number of aromatic nitrogens is 4. The van der Waals surface area contributed by atoms with Crippen molar-refractivity contribution in [2.24, 2.45) is 0 Å². The third kappa shape index (κ3) is 19.0. The van der Waals surface area contributed by atoms with Gasteiger partial charge in [0.25, 0.3) is 23.6 Å². The van der Waals surface area contributed by atoms with Gasteiger partial charge in [-0.05, 0) is 97.9 Å². The minimum absolute atomic E-state index is 0.0931. The molecule has 2 aromatic heterocycles. The average molecular weight is 1600 g/mol. The summed E-state index contributed by atoms with van der Waals surface area (Å²) >= 11 is 3.28. The summed E-state index contributed by atoms with van der Waals surface area (Å²) in [5.74, 6) is 5.11. The van der Waals surface area contributed by atoms with E-state index >= 15 is 0 Å². The molecule has 102 heavy (non-hydrogen) atoms. The number of rotatable bonds is 12. The fourth-order valence-corrected chi connectivity index (χ4v) is 16.1. The van der Waals surface area contributed by atoms with Crippen LogP contribution in [0.2, 0.25) is 0 Å². The maximum atomic E-state index is 12.3. The van der Waals surface area contributed by atoms with E-state index in [0.717, 1.165) is 4.47 Å². The van der Waals surface area contributed by atoms with E-state index in [1.807, 2.05) is 24.3 Å². The fourth-order valence-electron chi connectivity index (χ4n) is 11.1. The van der Waals surface area contributed by atoms with Crippen LogP contribution < -0.4 is 42.5 Å². The maximum Gasteiger partial charge on any atom is -0.0134 e. The molecule has 2 fully saturated rings. The summed E-state index contributed by atoms with van der Waals surface area (Å²) in [5, 5.41) is 42.1. The van der Waals surface area contributed by atoms with Gasteiger partial charge in [-0.2, -0.15) is 10.2 Å². The van der Waals surface area contributed by atoms with E-state index in [1.54, 1.807) is 52.2 Å². The number of likely N-dealkylation sites (tertiary alicyclic amines) is 2. The molecule has 24 heteroatoms. The van der Waals surface area contributed by atoms with Crippen LogP contribution in [0.15, 0.2) is 235 Å². The Morgan fingerprint density at radius 1 is 0.539 bits per heavy atom. The number of fused-ring (bicyclic) bond motifs is 2. The number of amides is 4. The molecular formula is C78H71BrCl2N8O10P2Pd. The minimum Gasteiger partial charge on any atom is -0.0622 e. The zero-order valence-corrected chi connectivity index (χ0v) is 62.3. The number of hydrogen-bond acceptors (Lipinski definition) is 12. The molecule has 8 aromatic carbocycles. The van der Waals surface area contributed by atoms with Gasteiger partial charge in [0.2, 0.25) is 11.2 Å². The van der Waals surface area contributed by atoms with Gasteiger partial charge < -0.3 is 40.1 Å². The number of nitrogens with one attached hydrogen (secondary N) is 2. The largest absolute Gasteiger partial charge is 0.0622 e. The van der Waals surface area contributed by atoms with Gasteiger partial charge >= 0.3 is 46.9 Å². The monoisotopic (exact) mass is 1600 g/mol. The standard InChI is InChI=1S/C21H20N4O5.2C18H15P.C14H12BrN3O3.C7H9NO2.2ClH.Pd/c1-3-30-19(27)16-15-12-22-18(26)17(15)25(23-16)14-6-4-5-13(11-14)7-8-21(29)9-10-24(2)20(21)28;2*1-4-10-16(11-5-1)19(17-12-6-2-7-13-17)18-14-8-3-9-15-18;1-2-21-14(20)11-10-7-16-13(19)12(10)18(17-11)9-5-3-4-8(15)6-9;1-3-7(10)4-5-8(2)6(7)9;;;/h4-6,11,29H,3,9-10,12H2,1-2H3,(H,22,26);2*1-15H;3-6H,2,7H2,1H3,(H,16,19);1,10H,4-5H2,2H3;2*1H;/q;;;;;;;+2/p-2/t21-;;;;7-;;;/m0...0.../s1. The number of aliphatic hydroxyl groups is 2. The quantitative estimate of drug-likeness (QED) is 0.0388. The van der Waals surface area contributed by atoms with Crippen molar-refractivity contribution in [2.75, 3.05) is 40.4 Å². The Balaban J connectivity index is 0.000000151. The smallest absolute Gasteiger partial charge is 0.0134 e. The maximum absolute atomic E-state index is 12.3. The average Bonchev–Trinajstić information content (AvgIpc) is 1.61. The second kappa shape index (κ2) is 37.0. The third-order valence-electron chi connectivity index (χ3n) is 16.1. The minimum atomic E-state index is -1.70. The zero-order chi connectivity index (χ0) is 72.8. The van der Waals surface area contributed by atoms with E-state index in [4.69, 9.17) is 35.0 Å². The summed E-state index contributed by atoms with van der Waals surface area (Å²) in [5.41, 5.74) is 0.543. The van der Waals surface area contributed by atoms with E-state index in [1.165, 1.54) is 51.0 Å². The molecule has 0 saturated carbocycles. The van der Waals surface area contributed by atoms with E-state index in [-0.39, 0.29) is 83.5 Å². The van der Waals surface area contributed by atoms with Gasteiger partial charge in [0.15, 0.2) is 11.4 Å². The van der Waals surface area contributed by atoms with Crippen LogP contribution in [0.3, 0.4) is 0 Å². The molecule has 2 atom stereocenters. The van der Waals surface area contributed by atoms with Crippen molar-refractivity contribution in [2.45, 2.75) is 51.0 Å². The van der Waals surface area contributed by atoms with Crippen LogP contribution in [0, 0.1) is 24.2 Å². The number of hydrogen-bond donors (Lipinski definition) is 4. The Kier molecular flexibility index (Phi) is 27.9. The van der Waals surface area contributed by atoms with Crippen LogP contribution in [0.1, 0.15) is 85.3 Å². The molecule has 4 aliphatic rings. The van der Waals surface area contributed by atoms with E-state index < -0.39 is 44.9 Å². The van der Waals surface area contributed by atoms with Gasteiger partial charge in [0.1, 0.15) is 11.4 Å². The Morgan fingerprint density at radius 3 is 1.18 bits per heavy atom. The van der Waals surface area contributed by atoms with Crippen LogP contribution >= 0.6 is 50.8 Å². The van der Waals surface area contributed by atoms with Crippen molar-refractivity contribution in [3.8, 4) is 35.6 Å². The Labute approximate surface area is 619 Å². The van der Waals surface area contributed by atoms with Crippen molar-refractivity contribution in [3.63, 3.8) is 0 Å². The fraction of sp³-hybridized carbons (Fsp3) is 0.179. The molecule has 524 valence electrons. The van der Waals surface area contributed by atoms with Crippen LogP contribution in [0.5, 0.6) is 0 Å². The van der Waals surface area contributed by atoms with E-state index in [9.17, 15) is 39.0 Å². The SMILES string of the molecule is C#C[C@]1(O)CCN(C)C1=O.CCOC(=O)c1nn(-c2cccc(Br)c2)c2c1CNC2=O.CCOC(=O)c1nn(-c2cccc(C#C[C@]3(O)CCN(C)C3=O)c2)c2c1CNC2=O.[Cl][Pd][Cl].c1ccc(P(c2ccccc2)c2ccccc2)cc1.c1ccc(P(c2ccccc2)c2ccccc2)cc1. The summed E-state index contributed by atoms with van der Waals surface area (Å²) in [6.07, 6.45) is 5.56. The molecule has 0 radical (unpaired) electrons. The summed E-state index contributed by atoms with van der Waals surface area (Å²) in [7, 11) is 12.0. The molecule has 6 heterocycles. The number of ether oxygens (including phenoxy) is 2. The van der Waals surface area contributed by atoms with E-state index in [0.29, 0.717) is 53.3 Å². The second-order valence-corrected chi connectivity index (χ2v) is 30.5. The van der Waals surface area contributed by atoms with Gasteiger partial charge in [0, 0.05) is 74.3 Å². The molecule has 4 aliphatic heterocycles. The second-order valence-electron chi connectivity index (χ2n) is 22.8. The molecule has 0 spiro atoms. The predicted octanol–water partition coefficient (Wildman–Crippen LogP) is 9.77. The Hall–Kier alpha value is -9.38. The summed E-state index contributed by atoms with van der Waals surface area (Å²) in [4.78, 5) is 74.5. The summed E-state index contributed by atoms with van der Waals surface area (Å²) in [6.45, 7) is 5.35. The molecule has 4 N–H and O–H groups in total. The van der Waals surface area contributed by atoms with Gasteiger partial charge in [-0.15, -0.1) is 6.42 Å². The normalized spacial score (nSPS) is 15.9. The number of carbonyl (C=O) groups is 6. The molecule has 2 saturated heterocycles. The van der Waals surface area contributed by atoms with Gasteiger partial charge in [0.05, 0.1) is 24.6 Å². The summed E-state index contributed by atoms with van der Waals surface area (Å²) in [6, 6.07) is 78.8. The van der Waals surface area contributed by atoms with Gasteiger partial charge in [-0.3, -0.25) is 19.2 Å². The number of halogens is 3. The zero-order valence-electron chi connectivity index (χ0n) is 55.9. The molecule has 4 amide bonds. The molecular weight excluding hydrogens is 1530 g/mol. The van der Waals surface area contributed by atoms with Crippen LogP contribution in [-0.4, -0.2) is 127 Å². The van der Waals surface area contributed by atoms with Crippen LogP contribution in [0.25, 0.3) is 11.4 Å². The molecule has 0 unspecified atom stereocenters. The van der Waals surface area contributed by atoms with Crippen LogP contribution in [-0.2, 0) is 48.1 Å². The number of esters is 2. The van der Waals surface area contributed by atoms with Gasteiger partial charge in [-0.25, -0.2) is 19.0 Å². The predicted molar refractivity (Wildman–Crippen MR) is 401 cm³/mol. The first-order chi connectivity index (χ1) is 49.4. The van der Waals surface area contributed by atoms with Crippen LogP contribution in [0.4, 0.5) is 0 Å². The molecule has 0 bridgehead atoms.